The lowest BCUT2D eigenvalue weighted by atomic mass is 10.1. The normalized spacial score (nSPS) is 16.5. The van der Waals surface area contributed by atoms with Gasteiger partial charge in [0.2, 0.25) is 11.8 Å². The Bertz CT molecular complexity index is 948. The molecule has 2 aromatic carbocycles. The lowest BCUT2D eigenvalue weighted by Gasteiger charge is -2.18. The Kier molecular flexibility index (Phi) is 5.34. The largest absolute Gasteiger partial charge is 0.326 e. The van der Waals surface area contributed by atoms with E-state index in [1.807, 2.05) is 0 Å². The number of hydrogen-bond acceptors (Lipinski definition) is 4. The van der Waals surface area contributed by atoms with E-state index in [-0.39, 0.29) is 30.5 Å². The monoisotopic (exact) mass is 407 g/mol. The predicted octanol–water partition coefficient (Wildman–Crippen LogP) is 4.20. The molecule has 1 saturated heterocycles. The number of aryl methyl sites for hydroxylation is 1. The number of rotatable bonds is 4. The number of halogens is 2. The van der Waals surface area contributed by atoms with E-state index < -0.39 is 10.8 Å². The van der Waals surface area contributed by atoms with Crippen molar-refractivity contribution in [2.75, 3.05) is 16.8 Å². The van der Waals surface area contributed by atoms with Crippen LogP contribution in [0.4, 0.5) is 17.1 Å². The van der Waals surface area contributed by atoms with Crippen molar-refractivity contribution in [3.05, 3.63) is 62.1 Å². The third-order valence-corrected chi connectivity index (χ3v) is 4.92. The molecule has 1 atom stereocenters. The van der Waals surface area contributed by atoms with E-state index in [0.717, 1.165) is 0 Å². The molecule has 9 heteroatoms. The molecule has 27 heavy (non-hydrogen) atoms. The summed E-state index contributed by atoms with van der Waals surface area (Å²) in [4.78, 5) is 36.8. The fraction of sp³-hybridized carbons (Fsp3) is 0.222. The van der Waals surface area contributed by atoms with E-state index in [9.17, 15) is 19.7 Å². The number of nitrogens with zero attached hydrogens (tertiary/aromatic N) is 2. The van der Waals surface area contributed by atoms with Crippen LogP contribution in [0.1, 0.15) is 12.0 Å². The van der Waals surface area contributed by atoms with Crippen LogP contribution in [-0.2, 0) is 9.59 Å². The molecule has 0 radical (unpaired) electrons. The Morgan fingerprint density at radius 2 is 2.00 bits per heavy atom. The van der Waals surface area contributed by atoms with Crippen LogP contribution >= 0.6 is 23.2 Å². The van der Waals surface area contributed by atoms with Crippen LogP contribution in [-0.4, -0.2) is 23.3 Å². The fourth-order valence-corrected chi connectivity index (χ4v) is 3.32. The van der Waals surface area contributed by atoms with Crippen LogP contribution in [0.15, 0.2) is 36.4 Å². The Hall–Kier alpha value is -2.64. The summed E-state index contributed by atoms with van der Waals surface area (Å²) in [6, 6.07) is 9.23. The standard InChI is InChI=1S/C18H15Cl2N3O4/c1-10-2-4-13(8-15(10)23(26)27)21-18(25)11-6-17(24)22(9-11)16-7-12(19)3-5-14(16)20/h2-5,7-8,11H,6,9H2,1H3,(H,21,25)/t11-/m0/s1. The molecule has 1 aliphatic heterocycles. The van der Waals surface area contributed by atoms with Gasteiger partial charge in [0.25, 0.3) is 5.69 Å². The highest BCUT2D eigenvalue weighted by atomic mass is 35.5. The highest BCUT2D eigenvalue weighted by Gasteiger charge is 2.36. The number of benzene rings is 2. The summed E-state index contributed by atoms with van der Waals surface area (Å²) in [6.07, 6.45) is 0.0165. The van der Waals surface area contributed by atoms with E-state index in [0.29, 0.717) is 27.0 Å². The second kappa shape index (κ2) is 7.54. The van der Waals surface area contributed by atoms with Crippen LogP contribution in [0.2, 0.25) is 10.0 Å². The molecule has 0 aliphatic carbocycles. The SMILES string of the molecule is Cc1ccc(NC(=O)[C@H]2CC(=O)N(c3cc(Cl)ccc3Cl)C2)cc1[N+](=O)[O-]. The number of anilines is 2. The van der Waals surface area contributed by atoms with Crippen LogP contribution in [0.25, 0.3) is 0 Å². The maximum absolute atomic E-state index is 12.5. The van der Waals surface area contributed by atoms with Gasteiger partial charge >= 0.3 is 0 Å². The van der Waals surface area contributed by atoms with Gasteiger partial charge in [-0.05, 0) is 31.2 Å². The number of carbonyl (C=O) groups excluding carboxylic acids is 2. The van der Waals surface area contributed by atoms with Crippen LogP contribution in [0.5, 0.6) is 0 Å². The Balaban J connectivity index is 1.75. The topological polar surface area (TPSA) is 92.6 Å². The van der Waals surface area contributed by atoms with Crippen LogP contribution in [0, 0.1) is 23.0 Å². The van der Waals surface area contributed by atoms with Crippen molar-refractivity contribution in [2.24, 2.45) is 5.92 Å². The molecule has 1 heterocycles. The number of hydrogen-bond donors (Lipinski definition) is 1. The van der Waals surface area contributed by atoms with E-state index in [1.54, 1.807) is 37.3 Å². The van der Waals surface area contributed by atoms with Crippen molar-refractivity contribution in [1.82, 2.24) is 0 Å². The summed E-state index contributed by atoms with van der Waals surface area (Å²) in [6.45, 7) is 1.77. The second-order valence-electron chi connectivity index (χ2n) is 6.25. The van der Waals surface area contributed by atoms with Crippen molar-refractivity contribution < 1.29 is 14.5 Å². The number of nitro groups is 1. The van der Waals surface area contributed by atoms with Crippen molar-refractivity contribution >= 4 is 52.1 Å². The maximum atomic E-state index is 12.5. The van der Waals surface area contributed by atoms with Gasteiger partial charge in [0.1, 0.15) is 0 Å². The molecule has 7 nitrogen and oxygen atoms in total. The van der Waals surface area contributed by atoms with Crippen molar-refractivity contribution in [3.63, 3.8) is 0 Å². The maximum Gasteiger partial charge on any atom is 0.274 e. The predicted molar refractivity (Wildman–Crippen MR) is 103 cm³/mol. The number of nitro benzene ring substituents is 1. The summed E-state index contributed by atoms with van der Waals surface area (Å²) < 4.78 is 0. The molecule has 1 aliphatic rings. The number of amides is 2. The van der Waals surface area contributed by atoms with Crippen molar-refractivity contribution in [3.8, 4) is 0 Å². The molecule has 0 bridgehead atoms. The molecule has 1 fully saturated rings. The lowest BCUT2D eigenvalue weighted by molar-refractivity contribution is -0.385. The first-order chi connectivity index (χ1) is 12.8. The minimum atomic E-state index is -0.604. The summed E-state index contributed by atoms with van der Waals surface area (Å²) in [5, 5.41) is 14.5. The molecule has 140 valence electrons. The van der Waals surface area contributed by atoms with Gasteiger partial charge in [-0.15, -0.1) is 0 Å². The first-order valence-electron chi connectivity index (χ1n) is 8.07. The molecule has 0 unspecified atom stereocenters. The molecule has 0 spiro atoms. The van der Waals surface area contributed by atoms with Gasteiger partial charge in [-0.2, -0.15) is 0 Å². The number of carbonyl (C=O) groups is 2. The second-order valence-corrected chi connectivity index (χ2v) is 7.09. The highest BCUT2D eigenvalue weighted by molar-refractivity contribution is 6.36. The Morgan fingerprint density at radius 3 is 2.70 bits per heavy atom. The zero-order valence-corrected chi connectivity index (χ0v) is 15.8. The average molecular weight is 408 g/mol. The van der Waals surface area contributed by atoms with E-state index >= 15 is 0 Å². The third kappa shape index (κ3) is 4.04. The molecular formula is C18H15Cl2N3O4. The van der Waals surface area contributed by atoms with Gasteiger partial charge in [-0.25, -0.2) is 0 Å². The molecule has 3 rings (SSSR count). The van der Waals surface area contributed by atoms with Crippen molar-refractivity contribution in [2.45, 2.75) is 13.3 Å². The first kappa shape index (κ1) is 19.1. The van der Waals surface area contributed by atoms with Gasteiger partial charge < -0.3 is 10.2 Å². The zero-order valence-electron chi connectivity index (χ0n) is 14.2. The Labute approximate surface area is 165 Å². The van der Waals surface area contributed by atoms with E-state index in [1.165, 1.54) is 11.0 Å². The minimum absolute atomic E-state index is 0.0165. The van der Waals surface area contributed by atoms with Gasteiger partial charge in [0, 0.05) is 35.3 Å². The summed E-state index contributed by atoms with van der Waals surface area (Å²) in [5.41, 5.74) is 1.18. The van der Waals surface area contributed by atoms with Gasteiger partial charge in [0.15, 0.2) is 0 Å². The quantitative estimate of drug-likeness (QED) is 0.606. The summed E-state index contributed by atoms with van der Waals surface area (Å²) in [7, 11) is 0. The molecule has 1 N–H and O–H groups in total. The lowest BCUT2D eigenvalue weighted by Crippen LogP contribution is -2.28. The molecule has 0 saturated carbocycles. The highest BCUT2D eigenvalue weighted by Crippen LogP contribution is 2.34. The van der Waals surface area contributed by atoms with E-state index in [2.05, 4.69) is 5.32 Å². The first-order valence-corrected chi connectivity index (χ1v) is 8.83. The molecule has 0 aromatic heterocycles. The van der Waals surface area contributed by atoms with Crippen LogP contribution < -0.4 is 10.2 Å². The number of nitrogens with one attached hydrogen (secondary N) is 1. The third-order valence-electron chi connectivity index (χ3n) is 4.37. The average Bonchev–Trinajstić information content (AvgIpc) is 3.00. The summed E-state index contributed by atoms with van der Waals surface area (Å²) >= 11 is 12.1. The van der Waals surface area contributed by atoms with E-state index in [4.69, 9.17) is 23.2 Å². The van der Waals surface area contributed by atoms with Gasteiger partial charge in [-0.3, -0.25) is 19.7 Å². The smallest absolute Gasteiger partial charge is 0.274 e. The summed E-state index contributed by atoms with van der Waals surface area (Å²) in [5.74, 6) is -1.23. The Morgan fingerprint density at radius 1 is 1.26 bits per heavy atom. The minimum Gasteiger partial charge on any atom is -0.326 e. The zero-order chi connectivity index (χ0) is 19.7. The fourth-order valence-electron chi connectivity index (χ4n) is 2.94. The van der Waals surface area contributed by atoms with Gasteiger partial charge in [-0.1, -0.05) is 29.3 Å². The van der Waals surface area contributed by atoms with Crippen molar-refractivity contribution in [1.29, 1.82) is 0 Å². The van der Waals surface area contributed by atoms with Crippen LogP contribution in [0.3, 0.4) is 0 Å². The molecule has 2 amide bonds. The van der Waals surface area contributed by atoms with Gasteiger partial charge in [0.05, 0.1) is 21.6 Å². The molecule has 2 aromatic rings. The molecular weight excluding hydrogens is 393 g/mol.